The maximum Gasteiger partial charge on any atom is 0.00145 e. The molecule has 0 heterocycles. The first-order valence-corrected chi connectivity index (χ1v) is 6.76. The normalized spacial score (nSPS) is 12.7. The molecule has 0 amide bonds. The SMILES string of the molecule is CC(C)C(P)c1ccccc1-c1ccccc1. The molecule has 0 aliphatic rings. The first-order valence-electron chi connectivity index (χ1n) is 6.10. The Hall–Kier alpha value is -1.13. The summed E-state index contributed by atoms with van der Waals surface area (Å²) in [7, 11) is 2.97. The van der Waals surface area contributed by atoms with Crippen molar-refractivity contribution in [1.82, 2.24) is 0 Å². The molecule has 0 N–H and O–H groups in total. The van der Waals surface area contributed by atoms with Gasteiger partial charge < -0.3 is 0 Å². The van der Waals surface area contributed by atoms with Crippen LogP contribution in [0.2, 0.25) is 0 Å². The summed E-state index contributed by atoms with van der Waals surface area (Å²) >= 11 is 0. The minimum Gasteiger partial charge on any atom is -0.129 e. The van der Waals surface area contributed by atoms with Crippen LogP contribution in [0.15, 0.2) is 54.6 Å². The third-order valence-electron chi connectivity index (χ3n) is 3.12. The van der Waals surface area contributed by atoms with Gasteiger partial charge in [-0.3, -0.25) is 0 Å². The molecule has 0 aliphatic heterocycles. The Morgan fingerprint density at radius 1 is 0.824 bits per heavy atom. The van der Waals surface area contributed by atoms with Crippen LogP contribution in [-0.2, 0) is 0 Å². The molecule has 0 radical (unpaired) electrons. The van der Waals surface area contributed by atoms with E-state index >= 15 is 0 Å². The minimum atomic E-state index is 0.506. The average molecular weight is 242 g/mol. The quantitative estimate of drug-likeness (QED) is 0.670. The van der Waals surface area contributed by atoms with Crippen LogP contribution < -0.4 is 0 Å². The van der Waals surface area contributed by atoms with Gasteiger partial charge in [-0.15, -0.1) is 9.24 Å². The lowest BCUT2D eigenvalue weighted by molar-refractivity contribution is 0.633. The zero-order chi connectivity index (χ0) is 12.3. The summed E-state index contributed by atoms with van der Waals surface area (Å²) in [6.07, 6.45) is 0. The minimum absolute atomic E-state index is 0.506. The Morgan fingerprint density at radius 3 is 2.06 bits per heavy atom. The van der Waals surface area contributed by atoms with Gasteiger partial charge in [0.15, 0.2) is 0 Å². The van der Waals surface area contributed by atoms with Crippen LogP contribution in [-0.4, -0.2) is 0 Å². The second kappa shape index (κ2) is 5.47. The highest BCUT2D eigenvalue weighted by Gasteiger charge is 2.14. The highest BCUT2D eigenvalue weighted by Crippen LogP contribution is 2.37. The molecule has 0 saturated heterocycles. The summed E-state index contributed by atoms with van der Waals surface area (Å²) in [5.74, 6) is 0.630. The Balaban J connectivity index is 2.48. The van der Waals surface area contributed by atoms with Gasteiger partial charge in [0.1, 0.15) is 0 Å². The zero-order valence-corrected chi connectivity index (χ0v) is 11.6. The van der Waals surface area contributed by atoms with E-state index in [0.29, 0.717) is 11.6 Å². The molecule has 88 valence electrons. The van der Waals surface area contributed by atoms with Crippen molar-refractivity contribution < 1.29 is 0 Å². The lowest BCUT2D eigenvalue weighted by atomic mass is 9.93. The lowest BCUT2D eigenvalue weighted by Gasteiger charge is -2.19. The molecule has 17 heavy (non-hydrogen) atoms. The van der Waals surface area contributed by atoms with Gasteiger partial charge in [0.25, 0.3) is 0 Å². The Labute approximate surface area is 106 Å². The molecule has 2 aromatic rings. The van der Waals surface area contributed by atoms with Crippen LogP contribution in [0.5, 0.6) is 0 Å². The first-order chi connectivity index (χ1) is 8.20. The topological polar surface area (TPSA) is 0 Å². The van der Waals surface area contributed by atoms with Crippen molar-refractivity contribution in [3.8, 4) is 11.1 Å². The number of rotatable bonds is 3. The number of benzene rings is 2. The fraction of sp³-hybridized carbons (Fsp3) is 0.250. The smallest absolute Gasteiger partial charge is 0.00145 e. The van der Waals surface area contributed by atoms with Gasteiger partial charge >= 0.3 is 0 Å². The van der Waals surface area contributed by atoms with Gasteiger partial charge in [-0.25, -0.2) is 0 Å². The van der Waals surface area contributed by atoms with E-state index in [1.165, 1.54) is 16.7 Å². The van der Waals surface area contributed by atoms with Crippen molar-refractivity contribution in [3.63, 3.8) is 0 Å². The maximum absolute atomic E-state index is 2.97. The van der Waals surface area contributed by atoms with Crippen LogP contribution in [0.25, 0.3) is 11.1 Å². The summed E-state index contributed by atoms with van der Waals surface area (Å²) in [6, 6.07) is 19.3. The van der Waals surface area contributed by atoms with Crippen LogP contribution >= 0.6 is 9.24 Å². The van der Waals surface area contributed by atoms with E-state index in [4.69, 9.17) is 0 Å². The van der Waals surface area contributed by atoms with Crippen molar-refractivity contribution >= 4 is 9.24 Å². The molecular weight excluding hydrogens is 223 g/mol. The van der Waals surface area contributed by atoms with E-state index in [2.05, 4.69) is 77.7 Å². The monoisotopic (exact) mass is 242 g/mol. The second-order valence-electron chi connectivity index (χ2n) is 4.72. The highest BCUT2D eigenvalue weighted by molar-refractivity contribution is 7.17. The molecule has 0 bridgehead atoms. The van der Waals surface area contributed by atoms with Gasteiger partial charge in [-0.05, 0) is 22.6 Å². The fourth-order valence-corrected chi connectivity index (χ4v) is 2.32. The Kier molecular flexibility index (Phi) is 3.97. The van der Waals surface area contributed by atoms with Gasteiger partial charge in [0.2, 0.25) is 0 Å². The van der Waals surface area contributed by atoms with Gasteiger partial charge in [-0.1, -0.05) is 68.4 Å². The average Bonchev–Trinajstić information content (AvgIpc) is 2.39. The van der Waals surface area contributed by atoms with Crippen molar-refractivity contribution in [1.29, 1.82) is 0 Å². The molecule has 1 heteroatoms. The van der Waals surface area contributed by atoms with E-state index in [0.717, 1.165) is 0 Å². The molecule has 0 nitrogen and oxygen atoms in total. The van der Waals surface area contributed by atoms with Crippen molar-refractivity contribution in [2.24, 2.45) is 5.92 Å². The third-order valence-corrected chi connectivity index (χ3v) is 4.25. The van der Waals surface area contributed by atoms with Crippen molar-refractivity contribution in [2.45, 2.75) is 19.5 Å². The molecule has 0 spiro atoms. The molecule has 2 aromatic carbocycles. The van der Waals surface area contributed by atoms with Gasteiger partial charge in [-0.2, -0.15) is 0 Å². The maximum atomic E-state index is 2.97. The molecule has 2 atom stereocenters. The Bertz CT molecular complexity index is 474. The van der Waals surface area contributed by atoms with Crippen molar-refractivity contribution in [3.05, 3.63) is 60.2 Å². The van der Waals surface area contributed by atoms with E-state index in [-0.39, 0.29) is 0 Å². The van der Waals surface area contributed by atoms with Crippen LogP contribution in [0, 0.1) is 5.92 Å². The predicted molar refractivity (Wildman–Crippen MR) is 79.2 cm³/mol. The van der Waals surface area contributed by atoms with Crippen LogP contribution in [0.3, 0.4) is 0 Å². The zero-order valence-electron chi connectivity index (χ0n) is 10.4. The third kappa shape index (κ3) is 2.76. The molecule has 0 aliphatic carbocycles. The molecule has 2 unspecified atom stereocenters. The highest BCUT2D eigenvalue weighted by atomic mass is 31.0. The standard InChI is InChI=1S/C16H19P/c1-12(2)16(17)15-11-7-6-10-14(15)13-8-4-3-5-9-13/h3-12,16H,17H2,1-2H3. The summed E-state index contributed by atoms with van der Waals surface area (Å²) in [4.78, 5) is 0. The largest absolute Gasteiger partial charge is 0.129 e. The molecule has 2 rings (SSSR count). The van der Waals surface area contributed by atoms with E-state index in [1.54, 1.807) is 0 Å². The van der Waals surface area contributed by atoms with Gasteiger partial charge in [0.05, 0.1) is 0 Å². The first kappa shape index (κ1) is 12.3. The van der Waals surface area contributed by atoms with E-state index in [9.17, 15) is 0 Å². The number of hydrogen-bond donors (Lipinski definition) is 0. The van der Waals surface area contributed by atoms with Crippen LogP contribution in [0.4, 0.5) is 0 Å². The molecule has 0 fully saturated rings. The molecule has 0 aromatic heterocycles. The summed E-state index contributed by atoms with van der Waals surface area (Å²) < 4.78 is 0. The molecule has 0 saturated carbocycles. The Morgan fingerprint density at radius 2 is 1.41 bits per heavy atom. The summed E-state index contributed by atoms with van der Waals surface area (Å²) in [5, 5.41) is 0. The van der Waals surface area contributed by atoms with E-state index < -0.39 is 0 Å². The summed E-state index contributed by atoms with van der Waals surface area (Å²) in [5.41, 5.74) is 4.57. The second-order valence-corrected chi connectivity index (χ2v) is 5.44. The van der Waals surface area contributed by atoms with Gasteiger partial charge in [0, 0.05) is 5.66 Å². The van der Waals surface area contributed by atoms with Crippen molar-refractivity contribution in [2.75, 3.05) is 0 Å². The predicted octanol–water partition coefficient (Wildman–Crippen LogP) is 4.93. The number of hydrogen-bond acceptors (Lipinski definition) is 0. The molecular formula is C16H19P. The lowest BCUT2D eigenvalue weighted by Crippen LogP contribution is -2.00. The van der Waals surface area contributed by atoms with E-state index in [1.807, 2.05) is 0 Å². The fourth-order valence-electron chi connectivity index (χ4n) is 2.03. The van der Waals surface area contributed by atoms with Crippen LogP contribution in [0.1, 0.15) is 25.1 Å². The summed E-state index contributed by atoms with van der Waals surface area (Å²) in [6.45, 7) is 4.53.